The van der Waals surface area contributed by atoms with E-state index in [4.69, 9.17) is 0 Å². The van der Waals surface area contributed by atoms with Crippen LogP contribution in [0, 0.1) is 6.92 Å². The zero-order valence-corrected chi connectivity index (χ0v) is 14.1. The van der Waals surface area contributed by atoms with Crippen molar-refractivity contribution in [1.29, 1.82) is 0 Å². The minimum Gasteiger partial charge on any atom is -0.338 e. The fourth-order valence-electron chi connectivity index (χ4n) is 4.01. The zero-order chi connectivity index (χ0) is 16.8. The van der Waals surface area contributed by atoms with Crippen LogP contribution in [0.4, 0.5) is 0 Å². The topological polar surface area (TPSA) is 71.0 Å². The first-order valence-corrected chi connectivity index (χ1v) is 8.57. The van der Waals surface area contributed by atoms with Crippen LogP contribution in [0.25, 0.3) is 0 Å². The molecule has 4 rings (SSSR count). The minimum absolute atomic E-state index is 0.153. The van der Waals surface area contributed by atoms with Gasteiger partial charge in [-0.2, -0.15) is 0 Å². The van der Waals surface area contributed by atoms with E-state index >= 15 is 0 Å². The average molecular weight is 326 g/mol. The molecule has 1 N–H and O–H groups in total. The van der Waals surface area contributed by atoms with Crippen molar-refractivity contribution in [3.8, 4) is 0 Å². The molecule has 0 radical (unpaired) electrons. The number of aromatic nitrogens is 3. The first-order chi connectivity index (χ1) is 11.5. The molecule has 2 aromatic heterocycles. The second-order valence-corrected chi connectivity index (χ2v) is 6.96. The number of aryl methyl sites for hydroxylation is 4. The van der Waals surface area contributed by atoms with Gasteiger partial charge in [0, 0.05) is 37.9 Å². The number of pyridine rings is 1. The Balaban J connectivity index is 1.56. The molecular formula is C18H22N4O2. The van der Waals surface area contributed by atoms with Crippen molar-refractivity contribution in [2.45, 2.75) is 38.5 Å². The Hall–Kier alpha value is -2.37. The molecule has 126 valence electrons. The lowest BCUT2D eigenvalue weighted by molar-refractivity contribution is 0.0788. The molecule has 6 nitrogen and oxygen atoms in total. The van der Waals surface area contributed by atoms with Crippen molar-refractivity contribution >= 4 is 5.91 Å². The second kappa shape index (κ2) is 5.61. The third kappa shape index (κ3) is 2.46. The number of H-pyrrole nitrogens is 1. The highest BCUT2D eigenvalue weighted by atomic mass is 16.2. The lowest BCUT2D eigenvalue weighted by Crippen LogP contribution is -2.33. The Bertz CT molecular complexity index is 864. The molecule has 0 saturated carbocycles. The SMILES string of the molecule is Cc1cn(C)c(C2CCN(C(=O)c3cc4c([nH]c3=O)CCC4)C2)n1. The van der Waals surface area contributed by atoms with Crippen molar-refractivity contribution < 1.29 is 4.79 Å². The number of rotatable bonds is 2. The minimum atomic E-state index is -0.253. The monoisotopic (exact) mass is 326 g/mol. The summed E-state index contributed by atoms with van der Waals surface area (Å²) in [6, 6.07) is 1.81. The molecule has 2 aliphatic rings. The van der Waals surface area contributed by atoms with E-state index in [1.807, 2.05) is 30.8 Å². The second-order valence-electron chi connectivity index (χ2n) is 6.96. The first kappa shape index (κ1) is 15.2. The number of amides is 1. The molecule has 0 spiro atoms. The summed E-state index contributed by atoms with van der Waals surface area (Å²) in [7, 11) is 1.99. The normalized spacial score (nSPS) is 19.8. The maximum absolute atomic E-state index is 12.8. The van der Waals surface area contributed by atoms with Crippen LogP contribution in [-0.4, -0.2) is 38.4 Å². The van der Waals surface area contributed by atoms with Gasteiger partial charge in [0.05, 0.1) is 5.69 Å². The Morgan fingerprint density at radius 1 is 1.38 bits per heavy atom. The number of aromatic amines is 1. The smallest absolute Gasteiger partial charge is 0.261 e. The van der Waals surface area contributed by atoms with Crippen LogP contribution in [0.5, 0.6) is 0 Å². The Morgan fingerprint density at radius 2 is 2.21 bits per heavy atom. The van der Waals surface area contributed by atoms with Crippen molar-refractivity contribution in [2.75, 3.05) is 13.1 Å². The van der Waals surface area contributed by atoms with E-state index in [0.29, 0.717) is 13.1 Å². The highest BCUT2D eigenvalue weighted by Crippen LogP contribution is 2.27. The van der Waals surface area contributed by atoms with E-state index in [1.165, 1.54) is 0 Å². The van der Waals surface area contributed by atoms with Crippen molar-refractivity contribution in [3.63, 3.8) is 0 Å². The molecule has 1 unspecified atom stereocenters. The van der Waals surface area contributed by atoms with Crippen LogP contribution in [0.15, 0.2) is 17.1 Å². The van der Waals surface area contributed by atoms with Crippen molar-refractivity contribution in [2.24, 2.45) is 7.05 Å². The number of fused-ring (bicyclic) bond motifs is 1. The lowest BCUT2D eigenvalue weighted by atomic mass is 10.1. The fourth-order valence-corrected chi connectivity index (χ4v) is 4.01. The third-order valence-electron chi connectivity index (χ3n) is 5.19. The molecule has 1 aliphatic carbocycles. The van der Waals surface area contributed by atoms with Gasteiger partial charge in [-0.1, -0.05) is 0 Å². The third-order valence-corrected chi connectivity index (χ3v) is 5.19. The Labute approximate surface area is 140 Å². The van der Waals surface area contributed by atoms with E-state index < -0.39 is 0 Å². The number of nitrogens with zero attached hydrogens (tertiary/aromatic N) is 3. The highest BCUT2D eigenvalue weighted by Gasteiger charge is 2.31. The standard InChI is InChI=1S/C18H22N4O2/c1-11-9-21(2)16(19-11)13-6-7-22(10-13)18(24)14-8-12-4-3-5-15(12)20-17(14)23/h8-9,13H,3-7,10H2,1-2H3,(H,20,23). The fraction of sp³-hybridized carbons (Fsp3) is 0.500. The van der Waals surface area contributed by atoms with Gasteiger partial charge in [-0.25, -0.2) is 4.98 Å². The summed E-state index contributed by atoms with van der Waals surface area (Å²) in [4.78, 5) is 34.3. The van der Waals surface area contributed by atoms with Crippen LogP contribution >= 0.6 is 0 Å². The van der Waals surface area contributed by atoms with Gasteiger partial charge in [0.1, 0.15) is 11.4 Å². The summed E-state index contributed by atoms with van der Waals surface area (Å²) in [5, 5.41) is 0. The average Bonchev–Trinajstić information content (AvgIpc) is 3.25. The molecule has 6 heteroatoms. The summed E-state index contributed by atoms with van der Waals surface area (Å²) < 4.78 is 2.04. The number of imidazole rings is 1. The van der Waals surface area contributed by atoms with Crippen LogP contribution in [0.2, 0.25) is 0 Å². The van der Waals surface area contributed by atoms with Gasteiger partial charge in [-0.3, -0.25) is 9.59 Å². The maximum atomic E-state index is 12.8. The van der Waals surface area contributed by atoms with Gasteiger partial charge in [0.2, 0.25) is 0 Å². The number of hydrogen-bond acceptors (Lipinski definition) is 3. The van der Waals surface area contributed by atoms with Crippen LogP contribution in [-0.2, 0) is 19.9 Å². The molecule has 1 aliphatic heterocycles. The van der Waals surface area contributed by atoms with Gasteiger partial charge in [-0.15, -0.1) is 0 Å². The molecule has 0 bridgehead atoms. The summed E-state index contributed by atoms with van der Waals surface area (Å²) >= 11 is 0. The van der Waals surface area contributed by atoms with E-state index in [0.717, 1.165) is 48.5 Å². The van der Waals surface area contributed by atoms with Crippen LogP contribution < -0.4 is 5.56 Å². The first-order valence-electron chi connectivity index (χ1n) is 8.57. The number of nitrogens with one attached hydrogen (secondary N) is 1. The summed E-state index contributed by atoms with van der Waals surface area (Å²) in [5.41, 5.74) is 3.14. The molecule has 24 heavy (non-hydrogen) atoms. The van der Waals surface area contributed by atoms with Crippen LogP contribution in [0.3, 0.4) is 0 Å². The Morgan fingerprint density at radius 3 is 2.96 bits per heavy atom. The number of hydrogen-bond donors (Lipinski definition) is 1. The Kier molecular flexibility index (Phi) is 3.55. The molecule has 1 fully saturated rings. The van der Waals surface area contributed by atoms with E-state index in [9.17, 15) is 9.59 Å². The van der Waals surface area contributed by atoms with Gasteiger partial charge in [-0.05, 0) is 44.2 Å². The molecule has 1 amide bonds. The quantitative estimate of drug-likeness (QED) is 0.910. The number of carbonyl (C=O) groups is 1. The molecule has 0 aromatic carbocycles. The predicted molar refractivity (Wildman–Crippen MR) is 90.3 cm³/mol. The van der Waals surface area contributed by atoms with E-state index in [-0.39, 0.29) is 22.9 Å². The lowest BCUT2D eigenvalue weighted by Gasteiger charge is -2.16. The van der Waals surface area contributed by atoms with E-state index in [2.05, 4.69) is 9.97 Å². The molecule has 2 aromatic rings. The molecule has 3 heterocycles. The van der Waals surface area contributed by atoms with Crippen molar-refractivity contribution in [3.05, 3.63) is 51.0 Å². The zero-order valence-electron chi connectivity index (χ0n) is 14.1. The number of likely N-dealkylation sites (tertiary alicyclic amines) is 1. The van der Waals surface area contributed by atoms with E-state index in [1.54, 1.807) is 4.90 Å². The number of carbonyl (C=O) groups excluding carboxylic acids is 1. The summed E-state index contributed by atoms with van der Waals surface area (Å²) in [6.45, 7) is 3.27. The van der Waals surface area contributed by atoms with Crippen LogP contribution in [0.1, 0.15) is 51.9 Å². The van der Waals surface area contributed by atoms with Gasteiger partial charge >= 0.3 is 0 Å². The predicted octanol–water partition coefficient (Wildman–Crippen LogP) is 1.54. The maximum Gasteiger partial charge on any atom is 0.261 e. The highest BCUT2D eigenvalue weighted by molar-refractivity contribution is 5.94. The molecule has 1 atom stereocenters. The molecular weight excluding hydrogens is 304 g/mol. The molecule has 1 saturated heterocycles. The van der Waals surface area contributed by atoms with Gasteiger partial charge in [0.25, 0.3) is 11.5 Å². The van der Waals surface area contributed by atoms with Gasteiger partial charge in [0.15, 0.2) is 0 Å². The van der Waals surface area contributed by atoms with Crippen molar-refractivity contribution in [1.82, 2.24) is 19.4 Å². The largest absolute Gasteiger partial charge is 0.338 e. The van der Waals surface area contributed by atoms with Gasteiger partial charge < -0.3 is 14.5 Å². The summed E-state index contributed by atoms with van der Waals surface area (Å²) in [5.74, 6) is 1.10. The summed E-state index contributed by atoms with van der Waals surface area (Å²) in [6.07, 6.45) is 5.79.